The van der Waals surface area contributed by atoms with E-state index in [2.05, 4.69) is 43.3 Å². The molecule has 2 N–H and O–H groups in total. The van der Waals surface area contributed by atoms with Crippen molar-refractivity contribution in [3.05, 3.63) is 24.2 Å². The van der Waals surface area contributed by atoms with Crippen molar-refractivity contribution in [2.45, 2.75) is 45.1 Å². The van der Waals surface area contributed by atoms with Crippen LogP contribution in [0.5, 0.6) is 0 Å². The lowest BCUT2D eigenvalue weighted by Gasteiger charge is -2.34. The predicted molar refractivity (Wildman–Crippen MR) is 139 cm³/mol. The minimum Gasteiger partial charge on any atom is -0.468 e. The molecule has 178 valence electrons. The molecule has 0 saturated carbocycles. The number of likely N-dealkylation sites (N-methyl/N-ethyl adjacent to an activating group) is 1. The summed E-state index contributed by atoms with van der Waals surface area (Å²) in [4.78, 5) is 12.1. The Morgan fingerprint density at radius 2 is 1.77 bits per heavy atom. The van der Waals surface area contributed by atoms with E-state index in [4.69, 9.17) is 4.42 Å². The maximum atomic E-state index is 5.75. The van der Waals surface area contributed by atoms with Crippen molar-refractivity contribution < 1.29 is 4.42 Å². The van der Waals surface area contributed by atoms with Gasteiger partial charge < -0.3 is 24.9 Å². The SMILES string of the molecule is CCN1CCN(CCCCNC(=NC)NCC(c2ccco2)N2CCCCC2)CC1.I. The van der Waals surface area contributed by atoms with Crippen LogP contribution in [0.1, 0.15) is 50.8 Å². The first kappa shape index (κ1) is 26.4. The summed E-state index contributed by atoms with van der Waals surface area (Å²) >= 11 is 0. The van der Waals surface area contributed by atoms with Crippen LogP contribution >= 0.6 is 24.0 Å². The molecule has 8 heteroatoms. The van der Waals surface area contributed by atoms with Crippen molar-refractivity contribution in [3.63, 3.8) is 0 Å². The number of likely N-dealkylation sites (tertiary alicyclic amines) is 1. The fourth-order valence-electron chi connectivity index (χ4n) is 4.53. The summed E-state index contributed by atoms with van der Waals surface area (Å²) in [5.41, 5.74) is 0. The number of piperidine rings is 1. The molecule has 2 aliphatic rings. The maximum Gasteiger partial charge on any atom is 0.191 e. The molecule has 2 saturated heterocycles. The summed E-state index contributed by atoms with van der Waals surface area (Å²) in [6.07, 6.45) is 8.07. The molecule has 0 amide bonds. The molecule has 1 unspecified atom stereocenters. The molecule has 1 atom stereocenters. The van der Waals surface area contributed by atoms with Crippen LogP contribution in [0.3, 0.4) is 0 Å². The number of unbranched alkanes of at least 4 members (excludes halogenated alkanes) is 1. The van der Waals surface area contributed by atoms with Crippen molar-refractivity contribution in [2.24, 2.45) is 4.99 Å². The molecule has 3 rings (SSSR count). The fraction of sp³-hybridized carbons (Fsp3) is 0.783. The second-order valence-electron chi connectivity index (χ2n) is 8.49. The van der Waals surface area contributed by atoms with Gasteiger partial charge >= 0.3 is 0 Å². The molecule has 7 nitrogen and oxygen atoms in total. The van der Waals surface area contributed by atoms with E-state index in [-0.39, 0.29) is 30.0 Å². The van der Waals surface area contributed by atoms with Gasteiger partial charge in [-0.05, 0) is 64.0 Å². The number of rotatable bonds is 10. The highest BCUT2D eigenvalue weighted by Crippen LogP contribution is 2.24. The van der Waals surface area contributed by atoms with Gasteiger partial charge in [-0.2, -0.15) is 0 Å². The van der Waals surface area contributed by atoms with Gasteiger partial charge in [0, 0.05) is 46.3 Å². The maximum absolute atomic E-state index is 5.75. The Hall–Kier alpha value is -0.840. The largest absolute Gasteiger partial charge is 0.468 e. The molecule has 1 aromatic rings. The molecule has 0 radical (unpaired) electrons. The van der Waals surface area contributed by atoms with Crippen molar-refractivity contribution in [2.75, 3.05) is 72.5 Å². The minimum absolute atomic E-state index is 0. The summed E-state index contributed by atoms with van der Waals surface area (Å²) in [5, 5.41) is 7.02. The van der Waals surface area contributed by atoms with Crippen molar-refractivity contribution in [3.8, 4) is 0 Å². The molecule has 0 aromatic carbocycles. The highest BCUT2D eigenvalue weighted by Gasteiger charge is 2.24. The lowest BCUT2D eigenvalue weighted by molar-refractivity contribution is 0.136. The molecule has 3 heterocycles. The van der Waals surface area contributed by atoms with Crippen molar-refractivity contribution >= 4 is 29.9 Å². The Labute approximate surface area is 206 Å². The molecular weight excluding hydrogens is 503 g/mol. The summed E-state index contributed by atoms with van der Waals surface area (Å²) in [6, 6.07) is 4.35. The lowest BCUT2D eigenvalue weighted by Crippen LogP contribution is -2.46. The first-order valence-electron chi connectivity index (χ1n) is 12.0. The van der Waals surface area contributed by atoms with E-state index in [1.165, 1.54) is 71.4 Å². The fourth-order valence-corrected chi connectivity index (χ4v) is 4.53. The van der Waals surface area contributed by atoms with Crippen LogP contribution in [0.15, 0.2) is 27.8 Å². The van der Waals surface area contributed by atoms with E-state index in [0.29, 0.717) is 0 Å². The first-order valence-corrected chi connectivity index (χ1v) is 12.0. The van der Waals surface area contributed by atoms with E-state index in [9.17, 15) is 0 Å². The molecule has 0 spiro atoms. The molecular formula is C23H43IN6O. The Morgan fingerprint density at radius 1 is 1.03 bits per heavy atom. The van der Waals surface area contributed by atoms with Crippen LogP contribution in [-0.4, -0.2) is 93.2 Å². The average Bonchev–Trinajstić information content (AvgIpc) is 3.33. The van der Waals surface area contributed by atoms with Gasteiger partial charge in [0.25, 0.3) is 0 Å². The number of aliphatic imine (C=N–C) groups is 1. The van der Waals surface area contributed by atoms with Crippen LogP contribution in [0, 0.1) is 0 Å². The number of halogens is 1. The Balaban J connectivity index is 0.00000341. The minimum atomic E-state index is 0. The van der Waals surface area contributed by atoms with Crippen LogP contribution in [0.25, 0.3) is 0 Å². The topological polar surface area (TPSA) is 59.3 Å². The molecule has 2 fully saturated rings. The Morgan fingerprint density at radius 3 is 2.42 bits per heavy atom. The lowest BCUT2D eigenvalue weighted by atomic mass is 10.1. The molecule has 1 aromatic heterocycles. The van der Waals surface area contributed by atoms with Gasteiger partial charge in [0.2, 0.25) is 0 Å². The van der Waals surface area contributed by atoms with Crippen LogP contribution in [0.2, 0.25) is 0 Å². The summed E-state index contributed by atoms with van der Waals surface area (Å²) in [6.45, 7) is 13.6. The first-order chi connectivity index (χ1) is 14.8. The van der Waals surface area contributed by atoms with E-state index >= 15 is 0 Å². The van der Waals surface area contributed by atoms with E-state index in [1.807, 2.05) is 13.1 Å². The van der Waals surface area contributed by atoms with Gasteiger partial charge in [-0.25, -0.2) is 0 Å². The van der Waals surface area contributed by atoms with Crippen molar-refractivity contribution in [1.82, 2.24) is 25.3 Å². The van der Waals surface area contributed by atoms with Gasteiger partial charge in [-0.1, -0.05) is 13.3 Å². The third kappa shape index (κ3) is 8.90. The second kappa shape index (κ2) is 15.1. The monoisotopic (exact) mass is 546 g/mol. The van der Waals surface area contributed by atoms with Gasteiger partial charge in [-0.3, -0.25) is 9.89 Å². The summed E-state index contributed by atoms with van der Waals surface area (Å²) in [5.74, 6) is 1.93. The average molecular weight is 547 g/mol. The van der Waals surface area contributed by atoms with Gasteiger partial charge in [-0.15, -0.1) is 24.0 Å². The van der Waals surface area contributed by atoms with Crippen LogP contribution in [0.4, 0.5) is 0 Å². The number of nitrogens with one attached hydrogen (secondary N) is 2. The zero-order valence-corrected chi connectivity index (χ0v) is 21.9. The van der Waals surface area contributed by atoms with Gasteiger partial charge in [0.05, 0.1) is 12.3 Å². The molecule has 0 aliphatic carbocycles. The number of hydrogen-bond donors (Lipinski definition) is 2. The number of furan rings is 1. The Bertz CT molecular complexity index is 597. The second-order valence-corrected chi connectivity index (χ2v) is 8.49. The van der Waals surface area contributed by atoms with E-state index < -0.39 is 0 Å². The Kier molecular flexibility index (Phi) is 12.8. The zero-order chi connectivity index (χ0) is 21.0. The molecule has 0 bridgehead atoms. The summed E-state index contributed by atoms with van der Waals surface area (Å²) < 4.78 is 5.75. The number of piperazine rings is 1. The highest BCUT2D eigenvalue weighted by molar-refractivity contribution is 14.0. The number of nitrogens with zero attached hydrogens (tertiary/aromatic N) is 4. The van der Waals surface area contributed by atoms with E-state index in [1.54, 1.807) is 6.26 Å². The molecule has 2 aliphatic heterocycles. The number of guanidine groups is 1. The third-order valence-corrected chi connectivity index (χ3v) is 6.50. The molecule has 31 heavy (non-hydrogen) atoms. The van der Waals surface area contributed by atoms with Gasteiger partial charge in [0.15, 0.2) is 5.96 Å². The summed E-state index contributed by atoms with van der Waals surface area (Å²) in [7, 11) is 1.85. The quantitative estimate of drug-likeness (QED) is 0.204. The smallest absolute Gasteiger partial charge is 0.191 e. The van der Waals surface area contributed by atoms with Crippen molar-refractivity contribution in [1.29, 1.82) is 0 Å². The zero-order valence-electron chi connectivity index (χ0n) is 19.5. The third-order valence-electron chi connectivity index (χ3n) is 6.50. The highest BCUT2D eigenvalue weighted by atomic mass is 127. The predicted octanol–water partition coefficient (Wildman–Crippen LogP) is 3.01. The van der Waals surface area contributed by atoms with Gasteiger partial charge in [0.1, 0.15) is 5.76 Å². The van der Waals surface area contributed by atoms with Crippen LogP contribution in [-0.2, 0) is 0 Å². The number of hydrogen-bond acceptors (Lipinski definition) is 5. The standard InChI is InChI=1S/C23H42N6O.HI/c1-3-27-15-17-28(18-16-27)12-8-5-11-25-23(24-2)26-20-21(22-10-9-19-30-22)29-13-6-4-7-14-29;/h9-10,19,21H,3-8,11-18,20H2,1-2H3,(H2,24,25,26);1H. The van der Waals surface area contributed by atoms with E-state index in [0.717, 1.165) is 37.9 Å². The normalized spacial score (nSPS) is 20.3. The van der Waals surface area contributed by atoms with Crippen LogP contribution < -0.4 is 10.6 Å².